The largest absolute Gasteiger partial charge is 0.469 e. The standard InChI is InChI=1S/C31H53NO12S/c1-8-22(25(34)32-20-44-45(38,39)24-11-9-21(2)10-12-24)15-30(5,28(37)41-14-13-33)19-31(6,27(36)40-7)18-29(3,4)26(35)43-17-23-16-42-23/h21-24,33H,8-20H2,1-7H3,(H,32,34). The van der Waals surface area contributed by atoms with Crippen LogP contribution in [0.1, 0.15) is 92.9 Å². The van der Waals surface area contributed by atoms with Gasteiger partial charge in [0.1, 0.15) is 26.0 Å². The number of aliphatic hydroxyl groups excluding tert-OH is 1. The quantitative estimate of drug-likeness (QED) is 0.0678. The monoisotopic (exact) mass is 663 g/mol. The predicted molar refractivity (Wildman–Crippen MR) is 163 cm³/mol. The highest BCUT2D eigenvalue weighted by atomic mass is 32.2. The first-order valence-corrected chi connectivity index (χ1v) is 17.2. The second kappa shape index (κ2) is 16.5. The van der Waals surface area contributed by atoms with E-state index in [0.717, 1.165) is 12.8 Å². The van der Waals surface area contributed by atoms with Crippen molar-refractivity contribution >= 4 is 33.9 Å². The second-order valence-electron chi connectivity index (χ2n) is 13.8. The van der Waals surface area contributed by atoms with Crippen LogP contribution in [0.3, 0.4) is 0 Å². The Hall–Kier alpha value is -2.29. The summed E-state index contributed by atoms with van der Waals surface area (Å²) in [4.78, 5) is 53.0. The first-order chi connectivity index (χ1) is 20.9. The Morgan fingerprint density at radius 3 is 2.11 bits per heavy atom. The van der Waals surface area contributed by atoms with Crippen molar-refractivity contribution in [3.8, 4) is 0 Å². The summed E-state index contributed by atoms with van der Waals surface area (Å²) in [6, 6.07) is 0. The molecule has 45 heavy (non-hydrogen) atoms. The minimum absolute atomic E-state index is 0.0471. The van der Waals surface area contributed by atoms with Crippen molar-refractivity contribution in [3.05, 3.63) is 0 Å². The molecule has 13 nitrogen and oxygen atoms in total. The van der Waals surface area contributed by atoms with Crippen LogP contribution in [0.5, 0.6) is 0 Å². The number of ether oxygens (including phenoxy) is 4. The van der Waals surface area contributed by atoms with Crippen LogP contribution in [0.25, 0.3) is 0 Å². The van der Waals surface area contributed by atoms with Gasteiger partial charge in [-0.05, 0) is 85.0 Å². The molecule has 2 N–H and O–H groups in total. The third-order valence-corrected chi connectivity index (χ3v) is 10.6. The van der Waals surface area contributed by atoms with Crippen LogP contribution in [-0.2, 0) is 52.4 Å². The average molecular weight is 664 g/mol. The Bertz CT molecular complexity index is 1130. The molecule has 0 bridgehead atoms. The van der Waals surface area contributed by atoms with Crippen molar-refractivity contribution in [3.63, 3.8) is 0 Å². The van der Waals surface area contributed by atoms with E-state index >= 15 is 0 Å². The lowest BCUT2D eigenvalue weighted by molar-refractivity contribution is -0.168. The lowest BCUT2D eigenvalue weighted by atomic mass is 9.63. The van der Waals surface area contributed by atoms with Gasteiger partial charge in [0.2, 0.25) is 5.91 Å². The van der Waals surface area contributed by atoms with E-state index in [-0.39, 0.29) is 45.0 Å². The summed E-state index contributed by atoms with van der Waals surface area (Å²) < 4.78 is 51.4. The van der Waals surface area contributed by atoms with E-state index in [1.54, 1.807) is 34.6 Å². The molecule has 260 valence electrons. The number of hydrogen-bond acceptors (Lipinski definition) is 12. The van der Waals surface area contributed by atoms with Gasteiger partial charge in [-0.1, -0.05) is 13.8 Å². The zero-order valence-corrected chi connectivity index (χ0v) is 28.7. The zero-order chi connectivity index (χ0) is 34.1. The molecule has 0 aromatic heterocycles. The second-order valence-corrected chi connectivity index (χ2v) is 15.6. The Labute approximate surface area is 267 Å². The van der Waals surface area contributed by atoms with Crippen LogP contribution in [0.15, 0.2) is 0 Å². The van der Waals surface area contributed by atoms with Crippen LogP contribution in [-0.4, -0.2) is 89.0 Å². The van der Waals surface area contributed by atoms with Crippen LogP contribution in [0, 0.1) is 28.1 Å². The average Bonchev–Trinajstić information content (AvgIpc) is 3.81. The molecule has 1 aliphatic carbocycles. The number of rotatable bonds is 19. The molecular weight excluding hydrogens is 610 g/mol. The van der Waals surface area contributed by atoms with Crippen molar-refractivity contribution in [2.75, 3.05) is 40.3 Å². The number of esters is 3. The number of nitrogens with one attached hydrogen (secondary N) is 1. The summed E-state index contributed by atoms with van der Waals surface area (Å²) in [6.45, 7) is 9.58. The van der Waals surface area contributed by atoms with Gasteiger partial charge in [0.05, 0.1) is 41.8 Å². The van der Waals surface area contributed by atoms with Crippen LogP contribution >= 0.6 is 0 Å². The highest BCUT2D eigenvalue weighted by molar-refractivity contribution is 7.87. The molecule has 2 fully saturated rings. The number of carbonyl (C=O) groups is 4. The molecular formula is C31H53NO12S. The van der Waals surface area contributed by atoms with Gasteiger partial charge in [-0.15, -0.1) is 0 Å². The van der Waals surface area contributed by atoms with Gasteiger partial charge in [0.15, 0.2) is 0 Å². The van der Waals surface area contributed by atoms with E-state index in [1.165, 1.54) is 7.11 Å². The molecule has 4 atom stereocenters. The van der Waals surface area contributed by atoms with E-state index in [0.29, 0.717) is 25.4 Å². The fourth-order valence-corrected chi connectivity index (χ4v) is 7.60. The molecule has 0 spiro atoms. The van der Waals surface area contributed by atoms with E-state index < -0.39 is 74.7 Å². The maximum Gasteiger partial charge on any atom is 0.311 e. The molecule has 0 aromatic rings. The van der Waals surface area contributed by atoms with Crippen LogP contribution < -0.4 is 5.32 Å². The van der Waals surface area contributed by atoms with Crippen molar-refractivity contribution in [1.82, 2.24) is 5.32 Å². The molecule has 14 heteroatoms. The van der Waals surface area contributed by atoms with Crippen molar-refractivity contribution in [2.24, 2.45) is 28.1 Å². The Kier molecular flexibility index (Phi) is 14.3. The first kappa shape index (κ1) is 38.9. The van der Waals surface area contributed by atoms with Crippen LogP contribution in [0.4, 0.5) is 0 Å². The van der Waals surface area contributed by atoms with Crippen molar-refractivity contribution < 1.29 is 55.8 Å². The highest BCUT2D eigenvalue weighted by Gasteiger charge is 2.51. The minimum Gasteiger partial charge on any atom is -0.469 e. The third-order valence-electron chi connectivity index (χ3n) is 8.86. The summed E-state index contributed by atoms with van der Waals surface area (Å²) in [5.41, 5.74) is -4.01. The predicted octanol–water partition coefficient (Wildman–Crippen LogP) is 2.87. The number of aliphatic hydroxyl groups is 1. The summed E-state index contributed by atoms with van der Waals surface area (Å²) in [6.07, 6.45) is 2.45. The minimum atomic E-state index is -3.87. The molecule has 1 heterocycles. The van der Waals surface area contributed by atoms with Gasteiger partial charge in [-0.25, -0.2) is 4.18 Å². The fraction of sp³-hybridized carbons (Fsp3) is 0.871. The Morgan fingerprint density at radius 2 is 1.58 bits per heavy atom. The van der Waals surface area contributed by atoms with Crippen LogP contribution in [0.2, 0.25) is 0 Å². The fourth-order valence-electron chi connectivity index (χ4n) is 6.34. The summed E-state index contributed by atoms with van der Waals surface area (Å²) >= 11 is 0. The van der Waals surface area contributed by atoms with E-state index in [9.17, 15) is 32.7 Å². The van der Waals surface area contributed by atoms with Gasteiger partial charge in [0.25, 0.3) is 10.1 Å². The SMILES string of the molecule is CCC(CC(C)(CC(C)(CC(C)(C)C(=O)OCC1CO1)C(=O)OC)C(=O)OCCO)C(=O)NCOS(=O)(=O)C1CCC(C)CC1. The molecule has 0 aromatic carbocycles. The summed E-state index contributed by atoms with van der Waals surface area (Å²) in [7, 11) is -2.66. The first-order valence-electron chi connectivity index (χ1n) is 15.7. The summed E-state index contributed by atoms with van der Waals surface area (Å²) in [5, 5.41) is 11.2. The molecule has 2 aliphatic rings. The molecule has 2 rings (SSSR count). The summed E-state index contributed by atoms with van der Waals surface area (Å²) in [5.74, 6) is -2.81. The Balaban J connectivity index is 2.22. The molecule has 1 saturated heterocycles. The normalized spacial score (nSPS) is 23.5. The number of methoxy groups -OCH3 is 1. The van der Waals surface area contributed by atoms with Crippen molar-refractivity contribution in [2.45, 2.75) is 104 Å². The molecule has 1 amide bonds. The smallest absolute Gasteiger partial charge is 0.311 e. The lowest BCUT2D eigenvalue weighted by Gasteiger charge is -2.40. The Morgan fingerprint density at radius 1 is 0.956 bits per heavy atom. The molecule has 1 saturated carbocycles. The van der Waals surface area contributed by atoms with Crippen molar-refractivity contribution in [1.29, 1.82) is 0 Å². The number of amides is 1. The van der Waals surface area contributed by atoms with Gasteiger partial charge < -0.3 is 29.4 Å². The number of epoxide rings is 1. The van der Waals surface area contributed by atoms with Gasteiger partial charge in [0, 0.05) is 5.92 Å². The van der Waals surface area contributed by atoms with Gasteiger partial charge in [-0.2, -0.15) is 8.42 Å². The number of carbonyl (C=O) groups excluding carboxylic acids is 4. The van der Waals surface area contributed by atoms with E-state index in [4.69, 9.17) is 23.1 Å². The third kappa shape index (κ3) is 11.5. The highest BCUT2D eigenvalue weighted by Crippen LogP contribution is 2.47. The maximum atomic E-state index is 13.5. The zero-order valence-electron chi connectivity index (χ0n) is 27.8. The van der Waals surface area contributed by atoms with Gasteiger partial charge >= 0.3 is 17.9 Å². The van der Waals surface area contributed by atoms with E-state index in [2.05, 4.69) is 12.2 Å². The lowest BCUT2D eigenvalue weighted by Crippen LogP contribution is -2.46. The maximum absolute atomic E-state index is 13.5. The number of hydrogen-bond donors (Lipinski definition) is 2. The van der Waals surface area contributed by atoms with Gasteiger partial charge in [-0.3, -0.25) is 19.2 Å². The van der Waals surface area contributed by atoms with E-state index in [1.807, 2.05) is 0 Å². The molecule has 4 unspecified atom stereocenters. The molecule has 0 radical (unpaired) electrons. The topological polar surface area (TPSA) is 184 Å². The molecule has 1 aliphatic heterocycles.